The van der Waals surface area contributed by atoms with Gasteiger partial charge in [-0.25, -0.2) is 4.98 Å². The van der Waals surface area contributed by atoms with Crippen LogP contribution in [0.25, 0.3) is 5.52 Å². The molecule has 0 spiro atoms. The zero-order valence-corrected chi connectivity index (χ0v) is 8.56. The van der Waals surface area contributed by atoms with Gasteiger partial charge in [-0.15, -0.1) is 0 Å². The number of nitrogens with zero attached hydrogens (tertiary/aromatic N) is 2. The quantitative estimate of drug-likeness (QED) is 0.805. The highest BCUT2D eigenvalue weighted by molar-refractivity contribution is 5.46. The van der Waals surface area contributed by atoms with Gasteiger partial charge in [-0.05, 0) is 25.0 Å². The SMILES string of the molecule is OCC1(c2ncc3ccccn23)CCC1. The molecule has 2 aromatic rings. The van der Waals surface area contributed by atoms with Gasteiger partial charge in [0.05, 0.1) is 23.7 Å². The first-order valence-electron chi connectivity index (χ1n) is 5.39. The summed E-state index contributed by atoms with van der Waals surface area (Å²) in [5, 5.41) is 9.51. The molecule has 78 valence electrons. The van der Waals surface area contributed by atoms with Crippen molar-refractivity contribution in [2.24, 2.45) is 0 Å². The van der Waals surface area contributed by atoms with Crippen molar-refractivity contribution in [1.29, 1.82) is 0 Å². The zero-order valence-electron chi connectivity index (χ0n) is 8.56. The van der Waals surface area contributed by atoms with Gasteiger partial charge in [-0.1, -0.05) is 12.5 Å². The lowest BCUT2D eigenvalue weighted by molar-refractivity contribution is 0.111. The molecule has 0 unspecified atom stereocenters. The Bertz CT molecular complexity index is 480. The van der Waals surface area contributed by atoms with E-state index in [1.165, 1.54) is 6.42 Å². The summed E-state index contributed by atoms with van der Waals surface area (Å²) in [5.74, 6) is 1.02. The Hall–Kier alpha value is -1.35. The fraction of sp³-hybridized carbons (Fsp3) is 0.417. The van der Waals surface area contributed by atoms with E-state index in [2.05, 4.69) is 9.38 Å². The summed E-state index contributed by atoms with van der Waals surface area (Å²) in [5.41, 5.74) is 1.03. The minimum atomic E-state index is -0.0756. The highest BCUT2D eigenvalue weighted by Gasteiger charge is 2.41. The number of aliphatic hydroxyl groups excluding tert-OH is 1. The highest BCUT2D eigenvalue weighted by Crippen LogP contribution is 2.42. The summed E-state index contributed by atoms with van der Waals surface area (Å²) in [7, 11) is 0. The first-order chi connectivity index (χ1) is 7.36. The van der Waals surface area contributed by atoms with Gasteiger partial charge in [-0.2, -0.15) is 0 Å². The minimum absolute atomic E-state index is 0.0756. The van der Waals surface area contributed by atoms with E-state index in [0.29, 0.717) is 0 Å². The fourth-order valence-corrected chi connectivity index (χ4v) is 2.39. The Labute approximate surface area is 88.4 Å². The molecule has 2 heterocycles. The molecule has 3 nitrogen and oxygen atoms in total. The maximum absolute atomic E-state index is 9.51. The van der Waals surface area contributed by atoms with Crippen LogP contribution in [0.1, 0.15) is 25.1 Å². The Morgan fingerprint density at radius 3 is 2.93 bits per heavy atom. The molecule has 0 aromatic carbocycles. The van der Waals surface area contributed by atoms with Gasteiger partial charge in [0.2, 0.25) is 0 Å². The van der Waals surface area contributed by atoms with Gasteiger partial charge in [0, 0.05) is 6.20 Å². The number of hydrogen-bond acceptors (Lipinski definition) is 2. The standard InChI is InChI=1S/C12H14N2O/c15-9-12(5-3-6-12)11-13-8-10-4-1-2-7-14(10)11/h1-2,4,7-8,15H,3,5-6,9H2. The third-order valence-corrected chi connectivity index (χ3v) is 3.53. The van der Waals surface area contributed by atoms with Crippen molar-refractivity contribution >= 4 is 5.52 Å². The molecule has 3 rings (SSSR count). The van der Waals surface area contributed by atoms with E-state index in [-0.39, 0.29) is 12.0 Å². The summed E-state index contributed by atoms with van der Waals surface area (Å²) in [6.07, 6.45) is 7.20. The number of pyridine rings is 1. The molecule has 0 bridgehead atoms. The maximum atomic E-state index is 9.51. The number of aliphatic hydroxyl groups is 1. The lowest BCUT2D eigenvalue weighted by Crippen LogP contribution is -2.39. The molecule has 1 N–H and O–H groups in total. The molecule has 0 aliphatic heterocycles. The van der Waals surface area contributed by atoms with Crippen molar-refractivity contribution in [2.45, 2.75) is 24.7 Å². The molecule has 0 radical (unpaired) electrons. The van der Waals surface area contributed by atoms with Gasteiger partial charge >= 0.3 is 0 Å². The molecule has 3 heteroatoms. The van der Waals surface area contributed by atoms with Crippen LogP contribution in [0.15, 0.2) is 30.6 Å². The predicted molar refractivity (Wildman–Crippen MR) is 57.8 cm³/mol. The van der Waals surface area contributed by atoms with E-state index in [1.807, 2.05) is 30.6 Å². The third kappa shape index (κ3) is 1.13. The van der Waals surface area contributed by atoms with E-state index in [4.69, 9.17) is 0 Å². The largest absolute Gasteiger partial charge is 0.395 e. The van der Waals surface area contributed by atoms with E-state index >= 15 is 0 Å². The molecule has 1 aliphatic rings. The van der Waals surface area contributed by atoms with Crippen LogP contribution in [0.3, 0.4) is 0 Å². The molecule has 0 amide bonds. The second kappa shape index (κ2) is 3.07. The maximum Gasteiger partial charge on any atom is 0.121 e. The van der Waals surface area contributed by atoms with Crippen LogP contribution >= 0.6 is 0 Å². The molecule has 1 aliphatic carbocycles. The van der Waals surface area contributed by atoms with Crippen LogP contribution in [0.5, 0.6) is 0 Å². The van der Waals surface area contributed by atoms with Gasteiger partial charge in [0.15, 0.2) is 0 Å². The monoisotopic (exact) mass is 202 g/mol. The third-order valence-electron chi connectivity index (χ3n) is 3.53. The summed E-state index contributed by atoms with van der Waals surface area (Å²) < 4.78 is 2.09. The molecule has 15 heavy (non-hydrogen) atoms. The molecule has 0 atom stereocenters. The number of fused-ring (bicyclic) bond motifs is 1. The van der Waals surface area contributed by atoms with Crippen molar-refractivity contribution in [2.75, 3.05) is 6.61 Å². The summed E-state index contributed by atoms with van der Waals surface area (Å²) in [6, 6.07) is 6.05. The van der Waals surface area contributed by atoms with Gasteiger partial charge in [0.1, 0.15) is 5.82 Å². The number of imidazole rings is 1. The second-order valence-corrected chi connectivity index (χ2v) is 4.37. The first kappa shape index (κ1) is 8.92. The summed E-state index contributed by atoms with van der Waals surface area (Å²) >= 11 is 0. The molecule has 1 fully saturated rings. The Kier molecular flexibility index (Phi) is 1.83. The lowest BCUT2D eigenvalue weighted by Gasteiger charge is -2.38. The van der Waals surface area contributed by atoms with Gasteiger partial charge < -0.3 is 9.51 Å². The molecular formula is C12H14N2O. The zero-order chi connectivity index (χ0) is 10.3. The van der Waals surface area contributed by atoms with Gasteiger partial charge in [0.25, 0.3) is 0 Å². The minimum Gasteiger partial charge on any atom is -0.395 e. The van der Waals surface area contributed by atoms with Crippen LogP contribution in [-0.4, -0.2) is 21.1 Å². The number of rotatable bonds is 2. The Morgan fingerprint density at radius 1 is 1.40 bits per heavy atom. The number of hydrogen-bond donors (Lipinski definition) is 1. The summed E-state index contributed by atoms with van der Waals surface area (Å²) in [4.78, 5) is 4.46. The average molecular weight is 202 g/mol. The molecule has 2 aromatic heterocycles. The van der Waals surface area contributed by atoms with Crippen molar-refractivity contribution in [3.63, 3.8) is 0 Å². The normalized spacial score (nSPS) is 19.0. The first-order valence-corrected chi connectivity index (χ1v) is 5.39. The van der Waals surface area contributed by atoms with Crippen LogP contribution < -0.4 is 0 Å². The average Bonchev–Trinajstić information content (AvgIpc) is 2.62. The van der Waals surface area contributed by atoms with Crippen LogP contribution in [-0.2, 0) is 5.41 Å². The Balaban J connectivity index is 2.18. The number of aromatic nitrogens is 2. The van der Waals surface area contributed by atoms with Crippen LogP contribution in [0.4, 0.5) is 0 Å². The molecule has 0 saturated heterocycles. The lowest BCUT2D eigenvalue weighted by atomic mass is 9.69. The van der Waals surface area contributed by atoms with Crippen molar-refractivity contribution in [3.05, 3.63) is 36.4 Å². The van der Waals surface area contributed by atoms with Crippen LogP contribution in [0.2, 0.25) is 0 Å². The van der Waals surface area contributed by atoms with Crippen molar-refractivity contribution in [3.8, 4) is 0 Å². The van der Waals surface area contributed by atoms with Crippen molar-refractivity contribution in [1.82, 2.24) is 9.38 Å². The van der Waals surface area contributed by atoms with E-state index < -0.39 is 0 Å². The van der Waals surface area contributed by atoms with E-state index in [1.54, 1.807) is 0 Å². The van der Waals surface area contributed by atoms with E-state index in [9.17, 15) is 5.11 Å². The van der Waals surface area contributed by atoms with E-state index in [0.717, 1.165) is 24.2 Å². The predicted octanol–water partition coefficient (Wildman–Crippen LogP) is 1.75. The van der Waals surface area contributed by atoms with Crippen molar-refractivity contribution < 1.29 is 5.11 Å². The van der Waals surface area contributed by atoms with Gasteiger partial charge in [-0.3, -0.25) is 0 Å². The molecule has 1 saturated carbocycles. The van der Waals surface area contributed by atoms with Crippen LogP contribution in [0, 0.1) is 0 Å². The summed E-state index contributed by atoms with van der Waals surface area (Å²) in [6.45, 7) is 0.209. The second-order valence-electron chi connectivity index (χ2n) is 4.37. The smallest absolute Gasteiger partial charge is 0.121 e. The Morgan fingerprint density at radius 2 is 2.27 bits per heavy atom. The molecular weight excluding hydrogens is 188 g/mol. The topological polar surface area (TPSA) is 37.5 Å². The fourth-order valence-electron chi connectivity index (χ4n) is 2.39. The highest BCUT2D eigenvalue weighted by atomic mass is 16.3.